The minimum atomic E-state index is -0.348. The van der Waals surface area contributed by atoms with Gasteiger partial charge >= 0.3 is 0 Å². The van der Waals surface area contributed by atoms with Crippen molar-refractivity contribution in [2.24, 2.45) is 0 Å². The van der Waals surface area contributed by atoms with Crippen molar-refractivity contribution in [2.45, 2.75) is 5.41 Å². The molecule has 252 valence electrons. The first-order valence-corrected chi connectivity index (χ1v) is 18.8. The third-order valence-electron chi connectivity index (χ3n) is 11.7. The van der Waals surface area contributed by atoms with Crippen LogP contribution in [0.1, 0.15) is 22.3 Å². The van der Waals surface area contributed by atoms with Crippen LogP contribution in [0.4, 0.5) is 17.1 Å². The Morgan fingerprint density at radius 1 is 0.259 bits per heavy atom. The van der Waals surface area contributed by atoms with Crippen LogP contribution in [-0.2, 0) is 5.41 Å². The number of fused-ring (bicyclic) bond motifs is 11. The molecule has 0 amide bonds. The first-order chi connectivity index (χ1) is 26.8. The molecule has 11 rings (SSSR count). The second kappa shape index (κ2) is 12.0. The number of anilines is 3. The monoisotopic (exact) mass is 685 g/mol. The average molecular weight is 686 g/mol. The minimum absolute atomic E-state index is 0.348. The molecule has 0 saturated carbocycles. The molecule has 0 bridgehead atoms. The highest BCUT2D eigenvalue weighted by atomic mass is 15.1. The summed E-state index contributed by atoms with van der Waals surface area (Å²) in [5.74, 6) is 0. The summed E-state index contributed by atoms with van der Waals surface area (Å²) in [5.41, 5.74) is 18.6. The van der Waals surface area contributed by atoms with Gasteiger partial charge in [-0.3, -0.25) is 0 Å². The number of rotatable bonds is 5. The summed E-state index contributed by atoms with van der Waals surface area (Å²) in [6, 6.07) is 78.1. The van der Waals surface area contributed by atoms with Crippen LogP contribution in [0.3, 0.4) is 0 Å². The van der Waals surface area contributed by atoms with Crippen molar-refractivity contribution in [3.63, 3.8) is 0 Å². The fraction of sp³-hybridized carbons (Fsp3) is 0.0189. The van der Waals surface area contributed by atoms with E-state index in [0.717, 1.165) is 17.1 Å². The van der Waals surface area contributed by atoms with Gasteiger partial charge in [0.15, 0.2) is 0 Å². The summed E-state index contributed by atoms with van der Waals surface area (Å²) >= 11 is 0. The van der Waals surface area contributed by atoms with Gasteiger partial charge in [0.25, 0.3) is 0 Å². The fourth-order valence-corrected chi connectivity index (χ4v) is 9.28. The first kappa shape index (κ1) is 30.6. The molecule has 0 fully saturated rings. The van der Waals surface area contributed by atoms with E-state index in [1.165, 1.54) is 77.5 Å². The SMILES string of the molecule is c1ccc(-c2ccc(N(c3ccc(-c4ccccc4)cc3)c3ccc4cc5c(cc4c3)-c3ccccc3C53c4ccccc4-c4ccccc43)cc2)cc1. The molecule has 54 heavy (non-hydrogen) atoms. The van der Waals surface area contributed by atoms with Gasteiger partial charge in [-0.25, -0.2) is 0 Å². The molecule has 9 aromatic carbocycles. The van der Waals surface area contributed by atoms with Crippen molar-refractivity contribution in [3.8, 4) is 44.5 Å². The highest BCUT2D eigenvalue weighted by molar-refractivity contribution is 6.01. The Hall–Kier alpha value is -6.96. The molecule has 0 atom stereocenters. The maximum Gasteiger partial charge on any atom is 0.0725 e. The van der Waals surface area contributed by atoms with E-state index in [4.69, 9.17) is 0 Å². The minimum Gasteiger partial charge on any atom is -0.310 e. The molecule has 0 N–H and O–H groups in total. The molecular weight excluding hydrogens is 651 g/mol. The van der Waals surface area contributed by atoms with Crippen LogP contribution in [-0.4, -0.2) is 0 Å². The number of benzene rings is 9. The smallest absolute Gasteiger partial charge is 0.0725 e. The van der Waals surface area contributed by atoms with E-state index in [1.807, 2.05) is 0 Å². The van der Waals surface area contributed by atoms with Crippen molar-refractivity contribution in [1.29, 1.82) is 0 Å². The molecule has 0 heterocycles. The predicted octanol–water partition coefficient (Wildman–Crippen LogP) is 14.0. The van der Waals surface area contributed by atoms with E-state index in [0.29, 0.717) is 0 Å². The standard InChI is InChI=1S/C53H35N/c1-3-13-36(14-4-1)38-23-28-42(29-24-38)54(43-30-25-39(26-31-43)37-15-5-2-6-16-37)44-32-27-40-35-52-48(34-41(40)33-44)47-19-9-12-22-51(47)53(52)49-20-10-7-17-45(49)46-18-8-11-21-50(46)53/h1-35H. The number of hydrogen-bond acceptors (Lipinski definition) is 1. The lowest BCUT2D eigenvalue weighted by Crippen LogP contribution is -2.25. The number of nitrogens with zero attached hydrogens (tertiary/aromatic N) is 1. The van der Waals surface area contributed by atoms with E-state index < -0.39 is 0 Å². The van der Waals surface area contributed by atoms with E-state index in [9.17, 15) is 0 Å². The molecule has 1 heteroatoms. The first-order valence-electron chi connectivity index (χ1n) is 18.8. The van der Waals surface area contributed by atoms with Crippen LogP contribution in [0.5, 0.6) is 0 Å². The Morgan fingerprint density at radius 2 is 0.667 bits per heavy atom. The molecule has 0 aliphatic heterocycles. The average Bonchev–Trinajstić information content (AvgIpc) is 3.71. The van der Waals surface area contributed by atoms with Gasteiger partial charge in [-0.05, 0) is 126 Å². The third kappa shape index (κ3) is 4.52. The third-order valence-corrected chi connectivity index (χ3v) is 11.7. The lowest BCUT2D eigenvalue weighted by Gasteiger charge is -2.30. The largest absolute Gasteiger partial charge is 0.310 e. The van der Waals surface area contributed by atoms with Crippen LogP contribution in [0.15, 0.2) is 212 Å². The molecule has 0 saturated heterocycles. The van der Waals surface area contributed by atoms with Gasteiger partial charge in [-0.2, -0.15) is 0 Å². The quantitative estimate of drug-likeness (QED) is 0.174. The molecule has 9 aromatic rings. The lowest BCUT2D eigenvalue weighted by atomic mass is 9.70. The van der Waals surface area contributed by atoms with Gasteiger partial charge in [0.1, 0.15) is 0 Å². The Bertz CT molecular complexity index is 2720. The molecule has 0 unspecified atom stereocenters. The maximum atomic E-state index is 2.47. The summed E-state index contributed by atoms with van der Waals surface area (Å²) in [4.78, 5) is 2.38. The Kier molecular flexibility index (Phi) is 6.84. The highest BCUT2D eigenvalue weighted by Gasteiger charge is 2.51. The van der Waals surface area contributed by atoms with Gasteiger partial charge in [0, 0.05) is 17.1 Å². The maximum absolute atomic E-state index is 2.47. The van der Waals surface area contributed by atoms with Crippen molar-refractivity contribution < 1.29 is 0 Å². The van der Waals surface area contributed by atoms with E-state index in [1.54, 1.807) is 0 Å². The summed E-state index contributed by atoms with van der Waals surface area (Å²) in [7, 11) is 0. The zero-order chi connectivity index (χ0) is 35.6. The Labute approximate surface area is 316 Å². The zero-order valence-corrected chi connectivity index (χ0v) is 29.7. The van der Waals surface area contributed by atoms with Gasteiger partial charge in [0.05, 0.1) is 5.41 Å². The Morgan fingerprint density at radius 3 is 1.17 bits per heavy atom. The summed E-state index contributed by atoms with van der Waals surface area (Å²) < 4.78 is 0. The lowest BCUT2D eigenvalue weighted by molar-refractivity contribution is 0.795. The summed E-state index contributed by atoms with van der Waals surface area (Å²) in [5, 5.41) is 2.47. The van der Waals surface area contributed by atoms with Crippen molar-refractivity contribution in [3.05, 3.63) is 235 Å². The predicted molar refractivity (Wildman–Crippen MR) is 226 cm³/mol. The van der Waals surface area contributed by atoms with Crippen LogP contribution in [0, 0.1) is 0 Å². The summed E-state index contributed by atoms with van der Waals surface area (Å²) in [6.45, 7) is 0. The second-order valence-electron chi connectivity index (χ2n) is 14.5. The fourth-order valence-electron chi connectivity index (χ4n) is 9.28. The van der Waals surface area contributed by atoms with Crippen molar-refractivity contribution in [2.75, 3.05) is 4.90 Å². The van der Waals surface area contributed by atoms with Gasteiger partial charge < -0.3 is 4.90 Å². The summed E-state index contributed by atoms with van der Waals surface area (Å²) in [6.07, 6.45) is 0. The second-order valence-corrected chi connectivity index (χ2v) is 14.5. The van der Waals surface area contributed by atoms with Crippen molar-refractivity contribution >= 4 is 27.8 Å². The molecule has 1 spiro atoms. The van der Waals surface area contributed by atoms with Crippen molar-refractivity contribution in [1.82, 2.24) is 0 Å². The number of hydrogen-bond donors (Lipinski definition) is 0. The normalized spacial score (nSPS) is 13.0. The Balaban J connectivity index is 1.08. The highest BCUT2D eigenvalue weighted by Crippen LogP contribution is 2.63. The molecule has 0 aromatic heterocycles. The van der Waals surface area contributed by atoms with E-state index in [-0.39, 0.29) is 5.41 Å². The molecule has 0 radical (unpaired) electrons. The molecule has 2 aliphatic rings. The molecule has 2 aliphatic carbocycles. The van der Waals surface area contributed by atoms with Crippen LogP contribution in [0.2, 0.25) is 0 Å². The van der Waals surface area contributed by atoms with Gasteiger partial charge in [-0.15, -0.1) is 0 Å². The van der Waals surface area contributed by atoms with Crippen LogP contribution >= 0.6 is 0 Å². The van der Waals surface area contributed by atoms with Crippen LogP contribution in [0.25, 0.3) is 55.3 Å². The molecular formula is C53H35N. The van der Waals surface area contributed by atoms with E-state index >= 15 is 0 Å². The molecule has 1 nitrogen and oxygen atoms in total. The zero-order valence-electron chi connectivity index (χ0n) is 29.7. The van der Waals surface area contributed by atoms with E-state index in [2.05, 4.69) is 217 Å². The van der Waals surface area contributed by atoms with Gasteiger partial charge in [0.2, 0.25) is 0 Å². The van der Waals surface area contributed by atoms with Crippen LogP contribution < -0.4 is 4.90 Å². The van der Waals surface area contributed by atoms with Gasteiger partial charge in [-0.1, -0.05) is 164 Å². The topological polar surface area (TPSA) is 3.24 Å².